The predicted octanol–water partition coefficient (Wildman–Crippen LogP) is 4.95. The maximum Gasteiger partial charge on any atom is 0.271 e. The molecule has 1 aromatic heterocycles. The predicted molar refractivity (Wildman–Crippen MR) is 119 cm³/mol. The minimum Gasteiger partial charge on any atom is -0.348 e. The van der Waals surface area contributed by atoms with E-state index in [9.17, 15) is 10.1 Å². The summed E-state index contributed by atoms with van der Waals surface area (Å²) in [4.78, 5) is 12.4. The van der Waals surface area contributed by atoms with Crippen molar-refractivity contribution in [2.24, 2.45) is 0 Å². The summed E-state index contributed by atoms with van der Waals surface area (Å²) in [5, 5.41) is 16.8. The fourth-order valence-electron chi connectivity index (χ4n) is 3.39. The van der Waals surface area contributed by atoms with Crippen molar-refractivity contribution in [1.29, 1.82) is 5.26 Å². The first-order valence-electron chi connectivity index (χ1n) is 10.5. The van der Waals surface area contributed by atoms with Crippen LogP contribution in [0.2, 0.25) is 0 Å². The Morgan fingerprint density at radius 2 is 1.90 bits per heavy atom. The molecule has 0 aliphatic carbocycles. The molecule has 3 rings (SSSR count). The molecule has 5 nitrogen and oxygen atoms in total. The number of carbonyl (C=O) groups is 1. The van der Waals surface area contributed by atoms with Crippen LogP contribution in [0.4, 0.5) is 0 Å². The van der Waals surface area contributed by atoms with Crippen LogP contribution in [0.25, 0.3) is 11.1 Å². The van der Waals surface area contributed by atoms with E-state index in [1.807, 2.05) is 61.0 Å². The van der Waals surface area contributed by atoms with Crippen molar-refractivity contribution in [3.05, 3.63) is 77.1 Å². The SMILES string of the molecule is CCCCc1cc(C(=O)NC(C)C)nn1Cc1ccc(-c2ccccc2C#N)cc1. The van der Waals surface area contributed by atoms with Crippen LogP contribution in [0.3, 0.4) is 0 Å². The number of hydrogen-bond donors (Lipinski definition) is 1. The van der Waals surface area contributed by atoms with E-state index >= 15 is 0 Å². The van der Waals surface area contributed by atoms with Gasteiger partial charge in [-0.1, -0.05) is 55.8 Å². The number of carbonyl (C=O) groups excluding carboxylic acids is 1. The number of unbranched alkanes of at least 4 members (excludes halogenated alkanes) is 1. The summed E-state index contributed by atoms with van der Waals surface area (Å²) in [5.41, 5.74) is 5.25. The third-order valence-corrected chi connectivity index (χ3v) is 4.95. The summed E-state index contributed by atoms with van der Waals surface area (Å²) in [7, 11) is 0. The van der Waals surface area contributed by atoms with E-state index in [0.29, 0.717) is 17.8 Å². The molecular weight excluding hydrogens is 372 g/mol. The van der Waals surface area contributed by atoms with Gasteiger partial charge in [-0.2, -0.15) is 10.4 Å². The number of aryl methyl sites for hydroxylation is 1. The molecule has 1 N–H and O–H groups in total. The second-order valence-electron chi connectivity index (χ2n) is 7.76. The molecule has 0 saturated carbocycles. The monoisotopic (exact) mass is 400 g/mol. The number of nitrogens with zero attached hydrogens (tertiary/aromatic N) is 3. The van der Waals surface area contributed by atoms with Gasteiger partial charge in [-0.15, -0.1) is 0 Å². The Hall–Kier alpha value is -3.39. The Morgan fingerprint density at radius 1 is 1.17 bits per heavy atom. The van der Waals surface area contributed by atoms with Gasteiger partial charge in [-0.05, 0) is 55.5 Å². The largest absolute Gasteiger partial charge is 0.348 e. The van der Waals surface area contributed by atoms with Crippen molar-refractivity contribution in [1.82, 2.24) is 15.1 Å². The van der Waals surface area contributed by atoms with Gasteiger partial charge < -0.3 is 5.32 Å². The van der Waals surface area contributed by atoms with E-state index in [4.69, 9.17) is 0 Å². The van der Waals surface area contributed by atoms with Crippen LogP contribution in [-0.2, 0) is 13.0 Å². The van der Waals surface area contributed by atoms with Gasteiger partial charge in [0.15, 0.2) is 0 Å². The molecule has 0 saturated heterocycles. The van der Waals surface area contributed by atoms with Crippen LogP contribution in [0.1, 0.15) is 60.9 Å². The fourth-order valence-corrected chi connectivity index (χ4v) is 3.39. The van der Waals surface area contributed by atoms with Crippen molar-refractivity contribution in [2.45, 2.75) is 52.6 Å². The molecule has 1 heterocycles. The molecule has 0 spiro atoms. The molecule has 3 aromatic rings. The average Bonchev–Trinajstić information content (AvgIpc) is 3.15. The highest BCUT2D eigenvalue weighted by Gasteiger charge is 2.15. The minimum atomic E-state index is -0.134. The van der Waals surface area contributed by atoms with Crippen molar-refractivity contribution >= 4 is 5.91 Å². The molecule has 0 aliphatic heterocycles. The molecule has 0 aliphatic rings. The summed E-state index contributed by atoms with van der Waals surface area (Å²) in [6.07, 6.45) is 3.04. The maximum atomic E-state index is 12.4. The van der Waals surface area contributed by atoms with Crippen molar-refractivity contribution in [3.63, 3.8) is 0 Å². The number of aromatic nitrogens is 2. The maximum absolute atomic E-state index is 12.4. The first kappa shape index (κ1) is 21.3. The van der Waals surface area contributed by atoms with Gasteiger partial charge in [-0.3, -0.25) is 9.48 Å². The quantitative estimate of drug-likeness (QED) is 0.581. The number of amides is 1. The summed E-state index contributed by atoms with van der Waals surface area (Å²) >= 11 is 0. The molecule has 30 heavy (non-hydrogen) atoms. The van der Waals surface area contributed by atoms with Crippen LogP contribution < -0.4 is 5.32 Å². The summed E-state index contributed by atoms with van der Waals surface area (Å²) in [5.74, 6) is -0.134. The molecule has 5 heteroatoms. The first-order valence-corrected chi connectivity index (χ1v) is 10.5. The normalized spacial score (nSPS) is 10.8. The Labute approximate surface area is 178 Å². The third kappa shape index (κ3) is 5.15. The van der Waals surface area contributed by atoms with Gasteiger partial charge in [0.05, 0.1) is 18.2 Å². The van der Waals surface area contributed by atoms with Gasteiger partial charge in [0.25, 0.3) is 5.91 Å². The zero-order valence-electron chi connectivity index (χ0n) is 17.9. The van der Waals surface area contributed by atoms with Crippen molar-refractivity contribution in [2.75, 3.05) is 0 Å². The molecule has 0 bridgehead atoms. The molecule has 2 aromatic carbocycles. The Kier molecular flexibility index (Phi) is 7.03. The van der Waals surface area contributed by atoms with E-state index in [-0.39, 0.29) is 11.9 Å². The first-order chi connectivity index (χ1) is 14.5. The molecule has 1 amide bonds. The highest BCUT2D eigenvalue weighted by molar-refractivity contribution is 5.92. The van der Waals surface area contributed by atoms with Gasteiger partial charge in [0.2, 0.25) is 0 Å². The smallest absolute Gasteiger partial charge is 0.271 e. The Bertz CT molecular complexity index is 1040. The highest BCUT2D eigenvalue weighted by Crippen LogP contribution is 2.24. The zero-order chi connectivity index (χ0) is 21.5. The Morgan fingerprint density at radius 3 is 2.57 bits per heavy atom. The van der Waals surface area contributed by atoms with Crippen LogP contribution in [0, 0.1) is 11.3 Å². The highest BCUT2D eigenvalue weighted by atomic mass is 16.2. The number of hydrogen-bond acceptors (Lipinski definition) is 3. The standard InChI is InChI=1S/C25H28N4O/c1-4-5-9-22-15-24(25(30)27-18(2)3)28-29(22)17-19-11-13-20(14-12-19)23-10-7-6-8-21(23)16-26/h6-8,10-15,18H,4-5,9,17H2,1-3H3,(H,27,30). The number of nitriles is 1. The third-order valence-electron chi connectivity index (χ3n) is 4.95. The summed E-state index contributed by atoms with van der Waals surface area (Å²) in [6, 6.07) is 20.0. The lowest BCUT2D eigenvalue weighted by Crippen LogP contribution is -2.30. The summed E-state index contributed by atoms with van der Waals surface area (Å²) in [6.45, 7) is 6.65. The zero-order valence-corrected chi connectivity index (χ0v) is 17.9. The van der Waals surface area contributed by atoms with Crippen LogP contribution in [0.5, 0.6) is 0 Å². The number of nitrogens with one attached hydrogen (secondary N) is 1. The average molecular weight is 401 g/mol. The minimum absolute atomic E-state index is 0.0746. The second kappa shape index (κ2) is 9.89. The van der Waals surface area contributed by atoms with Crippen LogP contribution >= 0.6 is 0 Å². The lowest BCUT2D eigenvalue weighted by Gasteiger charge is -2.09. The molecule has 0 fully saturated rings. The van der Waals surface area contributed by atoms with E-state index in [0.717, 1.165) is 41.6 Å². The van der Waals surface area contributed by atoms with Gasteiger partial charge in [-0.25, -0.2) is 0 Å². The second-order valence-corrected chi connectivity index (χ2v) is 7.76. The van der Waals surface area contributed by atoms with Crippen LogP contribution in [-0.4, -0.2) is 21.7 Å². The lowest BCUT2D eigenvalue weighted by molar-refractivity contribution is 0.0937. The topological polar surface area (TPSA) is 70.7 Å². The van der Waals surface area contributed by atoms with E-state index in [2.05, 4.69) is 35.5 Å². The van der Waals surface area contributed by atoms with Crippen molar-refractivity contribution in [3.8, 4) is 17.2 Å². The van der Waals surface area contributed by atoms with E-state index in [1.54, 1.807) is 0 Å². The van der Waals surface area contributed by atoms with E-state index in [1.165, 1.54) is 0 Å². The molecule has 0 unspecified atom stereocenters. The fraction of sp³-hybridized carbons (Fsp3) is 0.320. The van der Waals surface area contributed by atoms with Crippen LogP contribution in [0.15, 0.2) is 54.6 Å². The van der Waals surface area contributed by atoms with Crippen molar-refractivity contribution < 1.29 is 4.79 Å². The molecule has 0 atom stereocenters. The van der Waals surface area contributed by atoms with E-state index < -0.39 is 0 Å². The molecule has 0 radical (unpaired) electrons. The van der Waals surface area contributed by atoms with Gasteiger partial charge >= 0.3 is 0 Å². The number of benzene rings is 2. The van der Waals surface area contributed by atoms with Gasteiger partial charge in [0, 0.05) is 11.7 Å². The lowest BCUT2D eigenvalue weighted by atomic mass is 9.99. The summed E-state index contributed by atoms with van der Waals surface area (Å²) < 4.78 is 1.93. The molecular formula is C25H28N4O. The number of rotatable bonds is 8. The molecule has 154 valence electrons. The Balaban J connectivity index is 1.83. The van der Waals surface area contributed by atoms with Gasteiger partial charge in [0.1, 0.15) is 5.69 Å².